The molecule has 0 bridgehead atoms. The number of benzene rings is 2. The van der Waals surface area contributed by atoms with Crippen LogP contribution in [0.5, 0.6) is 0 Å². The van der Waals surface area contributed by atoms with Crippen molar-refractivity contribution in [1.82, 2.24) is 4.57 Å². The van der Waals surface area contributed by atoms with Gasteiger partial charge in [0.25, 0.3) is 0 Å². The van der Waals surface area contributed by atoms with Gasteiger partial charge < -0.3 is 9.77 Å². The maximum atomic E-state index is 9.01. The molecule has 3 aromatic rings. The minimum Gasteiger partial charge on any atom is -0.411 e. The molecular formula is C16H14N2O. The zero-order valence-corrected chi connectivity index (χ0v) is 10.6. The van der Waals surface area contributed by atoms with E-state index in [1.807, 2.05) is 42.6 Å². The van der Waals surface area contributed by atoms with Gasteiger partial charge in [0.15, 0.2) is 0 Å². The third-order valence-electron chi connectivity index (χ3n) is 3.29. The second-order valence-corrected chi connectivity index (χ2v) is 4.45. The summed E-state index contributed by atoms with van der Waals surface area (Å²) in [4.78, 5) is 0. The van der Waals surface area contributed by atoms with Crippen molar-refractivity contribution in [3.63, 3.8) is 0 Å². The number of fused-ring (bicyclic) bond motifs is 1. The topological polar surface area (TPSA) is 37.5 Å². The van der Waals surface area contributed by atoms with Gasteiger partial charge in [-0.3, -0.25) is 0 Å². The van der Waals surface area contributed by atoms with E-state index in [2.05, 4.69) is 27.9 Å². The molecule has 0 aliphatic rings. The number of aromatic nitrogens is 1. The van der Waals surface area contributed by atoms with Crippen LogP contribution in [0.15, 0.2) is 65.9 Å². The van der Waals surface area contributed by atoms with Crippen LogP contribution in [0.25, 0.3) is 16.6 Å². The smallest absolute Gasteiger partial charge is 0.0858 e. The molecule has 19 heavy (non-hydrogen) atoms. The molecule has 0 saturated carbocycles. The van der Waals surface area contributed by atoms with E-state index in [-0.39, 0.29) is 0 Å². The quantitative estimate of drug-likeness (QED) is 0.419. The summed E-state index contributed by atoms with van der Waals surface area (Å²) < 4.78 is 2.11. The average molecular weight is 250 g/mol. The molecule has 0 saturated heterocycles. The fourth-order valence-electron chi connectivity index (χ4n) is 2.32. The summed E-state index contributed by atoms with van der Waals surface area (Å²) in [5.41, 5.74) is 3.76. The monoisotopic (exact) mass is 250 g/mol. The Hall–Kier alpha value is -2.55. The Morgan fingerprint density at radius 3 is 2.42 bits per heavy atom. The van der Waals surface area contributed by atoms with Crippen LogP contribution in [0, 0.1) is 0 Å². The number of rotatable bonds is 2. The summed E-state index contributed by atoms with van der Waals surface area (Å²) in [6, 6.07) is 18.2. The van der Waals surface area contributed by atoms with Gasteiger partial charge in [0.1, 0.15) is 0 Å². The van der Waals surface area contributed by atoms with E-state index < -0.39 is 0 Å². The Bertz CT molecular complexity index is 742. The molecule has 0 spiro atoms. The van der Waals surface area contributed by atoms with Gasteiger partial charge in [-0.25, -0.2) is 0 Å². The number of para-hydroxylation sites is 2. The van der Waals surface area contributed by atoms with Gasteiger partial charge in [0, 0.05) is 22.8 Å². The third kappa shape index (κ3) is 1.89. The van der Waals surface area contributed by atoms with Gasteiger partial charge in [0.2, 0.25) is 0 Å². The second-order valence-electron chi connectivity index (χ2n) is 4.45. The first-order valence-electron chi connectivity index (χ1n) is 6.16. The predicted molar refractivity (Wildman–Crippen MR) is 77.3 cm³/mol. The zero-order chi connectivity index (χ0) is 13.2. The molecule has 0 aliphatic carbocycles. The second kappa shape index (κ2) is 4.61. The first kappa shape index (κ1) is 11.5. The van der Waals surface area contributed by atoms with Gasteiger partial charge in [-0.05, 0) is 25.1 Å². The molecule has 0 atom stereocenters. The summed E-state index contributed by atoms with van der Waals surface area (Å²) in [5.74, 6) is 0. The summed E-state index contributed by atoms with van der Waals surface area (Å²) in [6.07, 6.45) is 2.01. The van der Waals surface area contributed by atoms with Crippen molar-refractivity contribution in [3.05, 3.63) is 66.4 Å². The zero-order valence-electron chi connectivity index (χ0n) is 10.6. The standard InChI is InChI=1S/C16H14N2O/c1-12(17-19)15-11-18(13-7-3-2-4-8-13)16-10-6-5-9-14(15)16/h2-11,19H,1H3/b17-12+. The Balaban J connectivity index is 2.32. The Kier molecular flexibility index (Phi) is 2.80. The van der Waals surface area contributed by atoms with Crippen LogP contribution in [-0.2, 0) is 0 Å². The molecule has 1 heterocycles. The first-order valence-corrected chi connectivity index (χ1v) is 6.16. The molecule has 1 aromatic heterocycles. The molecule has 94 valence electrons. The number of hydrogen-bond acceptors (Lipinski definition) is 2. The summed E-state index contributed by atoms with van der Waals surface area (Å²) in [7, 11) is 0. The Morgan fingerprint density at radius 2 is 1.68 bits per heavy atom. The van der Waals surface area contributed by atoms with E-state index in [1.165, 1.54) is 0 Å². The highest BCUT2D eigenvalue weighted by atomic mass is 16.4. The molecule has 3 nitrogen and oxygen atoms in total. The van der Waals surface area contributed by atoms with Crippen molar-refractivity contribution in [2.24, 2.45) is 5.16 Å². The summed E-state index contributed by atoms with van der Waals surface area (Å²) >= 11 is 0. The maximum Gasteiger partial charge on any atom is 0.0858 e. The van der Waals surface area contributed by atoms with E-state index >= 15 is 0 Å². The molecule has 3 heteroatoms. The number of hydrogen-bond donors (Lipinski definition) is 1. The summed E-state index contributed by atoms with van der Waals surface area (Å²) in [6.45, 7) is 1.80. The van der Waals surface area contributed by atoms with Crippen LogP contribution in [0.1, 0.15) is 12.5 Å². The van der Waals surface area contributed by atoms with Crippen LogP contribution in [-0.4, -0.2) is 15.5 Å². The Morgan fingerprint density at radius 1 is 1.00 bits per heavy atom. The lowest BCUT2D eigenvalue weighted by molar-refractivity contribution is 0.319. The lowest BCUT2D eigenvalue weighted by Gasteiger charge is -2.04. The van der Waals surface area contributed by atoms with E-state index in [0.717, 1.165) is 22.2 Å². The molecular weight excluding hydrogens is 236 g/mol. The molecule has 1 N–H and O–H groups in total. The Labute approximate surface area is 111 Å². The van der Waals surface area contributed by atoms with Crippen molar-refractivity contribution in [2.75, 3.05) is 0 Å². The molecule has 0 fully saturated rings. The van der Waals surface area contributed by atoms with E-state index in [1.54, 1.807) is 6.92 Å². The largest absolute Gasteiger partial charge is 0.411 e. The fraction of sp³-hybridized carbons (Fsp3) is 0.0625. The first-order chi connectivity index (χ1) is 9.31. The van der Waals surface area contributed by atoms with Gasteiger partial charge in [-0.15, -0.1) is 0 Å². The minimum absolute atomic E-state index is 0.617. The average Bonchev–Trinajstić information content (AvgIpc) is 2.87. The van der Waals surface area contributed by atoms with Crippen LogP contribution in [0.4, 0.5) is 0 Å². The number of nitrogens with zero attached hydrogens (tertiary/aromatic N) is 2. The van der Waals surface area contributed by atoms with Crippen molar-refractivity contribution in [3.8, 4) is 5.69 Å². The highest BCUT2D eigenvalue weighted by Crippen LogP contribution is 2.25. The highest BCUT2D eigenvalue weighted by molar-refractivity contribution is 6.09. The van der Waals surface area contributed by atoms with Crippen LogP contribution < -0.4 is 0 Å². The lowest BCUT2D eigenvalue weighted by Crippen LogP contribution is -1.93. The normalized spacial score (nSPS) is 11.9. The van der Waals surface area contributed by atoms with Crippen molar-refractivity contribution in [1.29, 1.82) is 0 Å². The van der Waals surface area contributed by atoms with Gasteiger partial charge in [-0.2, -0.15) is 0 Å². The van der Waals surface area contributed by atoms with Crippen molar-refractivity contribution >= 4 is 16.6 Å². The van der Waals surface area contributed by atoms with Gasteiger partial charge >= 0.3 is 0 Å². The van der Waals surface area contributed by atoms with Gasteiger partial charge in [-0.1, -0.05) is 41.6 Å². The number of oxime groups is 1. The van der Waals surface area contributed by atoms with Crippen molar-refractivity contribution < 1.29 is 5.21 Å². The summed E-state index contributed by atoms with van der Waals surface area (Å²) in [5, 5.41) is 13.4. The maximum absolute atomic E-state index is 9.01. The van der Waals surface area contributed by atoms with E-state index in [9.17, 15) is 0 Å². The fourth-order valence-corrected chi connectivity index (χ4v) is 2.32. The van der Waals surface area contributed by atoms with Crippen LogP contribution >= 0.6 is 0 Å². The predicted octanol–water partition coefficient (Wildman–Crippen LogP) is 3.83. The minimum atomic E-state index is 0.617. The molecule has 0 amide bonds. The molecule has 0 aliphatic heterocycles. The van der Waals surface area contributed by atoms with E-state index in [0.29, 0.717) is 5.71 Å². The van der Waals surface area contributed by atoms with Crippen LogP contribution in [0.3, 0.4) is 0 Å². The third-order valence-corrected chi connectivity index (χ3v) is 3.29. The highest BCUT2D eigenvalue weighted by Gasteiger charge is 2.11. The SMILES string of the molecule is C/C(=N\O)c1cn(-c2ccccc2)c2ccccc12. The molecule has 3 rings (SSSR count). The van der Waals surface area contributed by atoms with Crippen LogP contribution in [0.2, 0.25) is 0 Å². The van der Waals surface area contributed by atoms with E-state index in [4.69, 9.17) is 5.21 Å². The molecule has 0 unspecified atom stereocenters. The molecule has 0 radical (unpaired) electrons. The van der Waals surface area contributed by atoms with Crippen molar-refractivity contribution in [2.45, 2.75) is 6.92 Å². The lowest BCUT2D eigenvalue weighted by atomic mass is 10.1. The molecule has 2 aromatic carbocycles. The van der Waals surface area contributed by atoms with Gasteiger partial charge in [0.05, 0.1) is 11.2 Å².